The number of carbonyl (C=O) groups is 2. The van der Waals surface area contributed by atoms with Gasteiger partial charge < -0.3 is 9.59 Å². The van der Waals surface area contributed by atoms with E-state index in [-0.39, 0.29) is 0 Å². The van der Waals surface area contributed by atoms with E-state index in [0.29, 0.717) is 11.8 Å². The SMILES string of the molecule is N=N[SiH](C=O)C=O. The normalized spacial score (nSPS) is 8.14. The van der Waals surface area contributed by atoms with Crippen molar-refractivity contribution in [1.82, 2.24) is 0 Å². The fourth-order valence-electron chi connectivity index (χ4n) is 0.0929. The summed E-state index contributed by atoms with van der Waals surface area (Å²) in [7, 11) is -2.24. The van der Waals surface area contributed by atoms with Gasteiger partial charge >= 0.3 is 8.96 Å². The van der Waals surface area contributed by atoms with Gasteiger partial charge in [-0.05, 0) is 0 Å². The van der Waals surface area contributed by atoms with Crippen LogP contribution in [0, 0.1) is 5.53 Å². The van der Waals surface area contributed by atoms with E-state index in [4.69, 9.17) is 5.53 Å². The average molecular weight is 116 g/mol. The predicted molar refractivity (Wildman–Crippen MR) is 25.8 cm³/mol. The fourth-order valence-corrected chi connectivity index (χ4v) is 0.279. The monoisotopic (exact) mass is 116 g/mol. The molecule has 0 aromatic heterocycles. The van der Waals surface area contributed by atoms with E-state index in [0.717, 1.165) is 0 Å². The van der Waals surface area contributed by atoms with Crippen molar-refractivity contribution in [3.05, 3.63) is 0 Å². The quantitative estimate of drug-likeness (QED) is 0.300. The maximum atomic E-state index is 9.58. The topological polar surface area (TPSA) is 70.3 Å². The molecule has 0 unspecified atom stereocenters. The Hall–Kier alpha value is -0.843. The molecule has 0 spiro atoms. The zero-order chi connectivity index (χ0) is 5.70. The Morgan fingerprint density at radius 1 is 1.43 bits per heavy atom. The third kappa shape index (κ3) is 1.93. The van der Waals surface area contributed by atoms with Crippen LogP contribution in [0.1, 0.15) is 0 Å². The van der Waals surface area contributed by atoms with Crippen LogP contribution >= 0.6 is 0 Å². The first-order valence-electron chi connectivity index (χ1n) is 1.62. The summed E-state index contributed by atoms with van der Waals surface area (Å²) in [6.45, 7) is 0. The van der Waals surface area contributed by atoms with Crippen molar-refractivity contribution in [3.63, 3.8) is 0 Å². The summed E-state index contributed by atoms with van der Waals surface area (Å²) in [5.41, 5.74) is 6.18. The molecule has 0 bridgehead atoms. The number of rotatable bonds is 3. The van der Waals surface area contributed by atoms with Crippen LogP contribution in [0.4, 0.5) is 0 Å². The maximum Gasteiger partial charge on any atom is 0.326 e. The Morgan fingerprint density at radius 3 is 1.86 bits per heavy atom. The third-order valence-electron chi connectivity index (χ3n) is 0.428. The standard InChI is InChI=1S/C2H4N2O2Si/c3-4-7(1-5)2-6/h1-3,7H. The van der Waals surface area contributed by atoms with Crippen LogP contribution in [0.25, 0.3) is 0 Å². The van der Waals surface area contributed by atoms with Gasteiger partial charge in [0, 0.05) is 0 Å². The second-order valence-corrected chi connectivity index (χ2v) is 2.68. The lowest BCUT2D eigenvalue weighted by Gasteiger charge is -1.77. The molecule has 0 amide bonds. The van der Waals surface area contributed by atoms with Crippen molar-refractivity contribution >= 4 is 20.8 Å². The first-order valence-corrected chi connectivity index (χ1v) is 3.47. The summed E-state index contributed by atoms with van der Waals surface area (Å²) < 4.78 is 2.78. The summed E-state index contributed by atoms with van der Waals surface area (Å²) in [5.74, 6) is 0.889. The highest BCUT2D eigenvalue weighted by Crippen LogP contribution is 1.67. The van der Waals surface area contributed by atoms with Gasteiger partial charge in [-0.3, -0.25) is 0 Å². The summed E-state index contributed by atoms with van der Waals surface area (Å²) in [4.78, 5) is 19.2. The molecular weight excluding hydrogens is 112 g/mol. The van der Waals surface area contributed by atoms with Crippen molar-refractivity contribution < 1.29 is 9.59 Å². The molecule has 7 heavy (non-hydrogen) atoms. The lowest BCUT2D eigenvalue weighted by molar-refractivity contribution is 0.562. The number of hydrogen-bond acceptors (Lipinski definition) is 4. The molecule has 0 aliphatic rings. The Bertz CT molecular complexity index is 74.7. The second kappa shape index (κ2) is 3.35. The molecule has 0 saturated heterocycles. The van der Waals surface area contributed by atoms with Crippen molar-refractivity contribution in [1.29, 1.82) is 5.53 Å². The Morgan fingerprint density at radius 2 is 1.86 bits per heavy atom. The number of nitrogens with one attached hydrogen (secondary N) is 1. The number of nitrogens with zero attached hydrogens (tertiary/aromatic N) is 1. The lowest BCUT2D eigenvalue weighted by atomic mass is 11.8. The Kier molecular flexibility index (Phi) is 2.95. The first-order chi connectivity index (χ1) is 3.35. The molecule has 0 rings (SSSR count). The van der Waals surface area contributed by atoms with E-state index in [1.807, 2.05) is 0 Å². The van der Waals surface area contributed by atoms with E-state index < -0.39 is 8.96 Å². The van der Waals surface area contributed by atoms with Gasteiger partial charge in [-0.1, -0.05) is 0 Å². The van der Waals surface area contributed by atoms with Gasteiger partial charge in [-0.25, -0.2) is 10.3 Å². The molecule has 0 aliphatic heterocycles. The smallest absolute Gasteiger partial charge is 0.306 e. The van der Waals surface area contributed by atoms with Crippen molar-refractivity contribution in [2.75, 3.05) is 0 Å². The summed E-state index contributed by atoms with van der Waals surface area (Å²) in [6, 6.07) is 0. The summed E-state index contributed by atoms with van der Waals surface area (Å²) in [6.07, 6.45) is 0. The van der Waals surface area contributed by atoms with Crippen LogP contribution in [0.5, 0.6) is 0 Å². The summed E-state index contributed by atoms with van der Waals surface area (Å²) >= 11 is 0. The zero-order valence-electron chi connectivity index (χ0n) is 3.50. The van der Waals surface area contributed by atoms with Crippen LogP contribution in [-0.4, -0.2) is 20.8 Å². The van der Waals surface area contributed by atoms with Gasteiger partial charge in [-0.2, -0.15) is 0 Å². The molecular formula is C2H4N2O2Si. The fraction of sp³-hybridized carbons (Fsp3) is 0. The third-order valence-corrected chi connectivity index (χ3v) is 1.28. The summed E-state index contributed by atoms with van der Waals surface area (Å²) in [5, 5.41) is 0. The lowest BCUT2D eigenvalue weighted by Crippen LogP contribution is -2.12. The molecule has 1 N–H and O–H groups in total. The van der Waals surface area contributed by atoms with Crippen LogP contribution in [0.2, 0.25) is 0 Å². The molecule has 0 aliphatic carbocycles. The van der Waals surface area contributed by atoms with Gasteiger partial charge in [0.25, 0.3) is 0 Å². The molecule has 38 valence electrons. The highest BCUT2D eigenvalue weighted by atomic mass is 28.3. The molecule has 0 aromatic rings. The van der Waals surface area contributed by atoms with E-state index >= 15 is 0 Å². The first kappa shape index (κ1) is 6.16. The second-order valence-electron chi connectivity index (χ2n) is 0.892. The van der Waals surface area contributed by atoms with Crippen LogP contribution in [0.3, 0.4) is 0 Å². The number of carbonyl (C=O) groups excluding carboxylic acids is 2. The Labute approximate surface area is 41.7 Å². The minimum absolute atomic E-state index is 0.444. The molecule has 4 nitrogen and oxygen atoms in total. The highest BCUT2D eigenvalue weighted by molar-refractivity contribution is 7.01. The molecule has 5 heteroatoms. The van der Waals surface area contributed by atoms with E-state index in [9.17, 15) is 9.59 Å². The van der Waals surface area contributed by atoms with Gasteiger partial charge in [0.05, 0.1) is 0 Å². The van der Waals surface area contributed by atoms with E-state index in [1.54, 1.807) is 0 Å². The van der Waals surface area contributed by atoms with Crippen LogP contribution in [-0.2, 0) is 9.59 Å². The van der Waals surface area contributed by atoms with Crippen LogP contribution < -0.4 is 0 Å². The van der Waals surface area contributed by atoms with Gasteiger partial charge in [0.15, 0.2) is 0 Å². The molecule has 0 aromatic carbocycles. The van der Waals surface area contributed by atoms with Crippen molar-refractivity contribution in [3.8, 4) is 0 Å². The molecule has 0 atom stereocenters. The minimum atomic E-state index is -2.24. The van der Waals surface area contributed by atoms with E-state index in [1.165, 1.54) is 0 Å². The zero-order valence-corrected chi connectivity index (χ0v) is 4.65. The van der Waals surface area contributed by atoms with Crippen molar-refractivity contribution in [2.24, 2.45) is 4.78 Å². The van der Waals surface area contributed by atoms with Crippen molar-refractivity contribution in [2.45, 2.75) is 0 Å². The number of hydrogen-bond donors (Lipinski definition) is 1. The highest BCUT2D eigenvalue weighted by Gasteiger charge is 2.02. The van der Waals surface area contributed by atoms with Gasteiger partial charge in [-0.15, -0.1) is 0 Å². The maximum absolute atomic E-state index is 9.58. The van der Waals surface area contributed by atoms with Crippen LogP contribution in [0.15, 0.2) is 4.78 Å². The van der Waals surface area contributed by atoms with Gasteiger partial charge in [0.1, 0.15) is 11.8 Å². The largest absolute Gasteiger partial charge is 0.326 e. The Balaban J connectivity index is 3.57. The predicted octanol–water partition coefficient (Wildman–Crippen LogP) is -0.715. The average Bonchev–Trinajstić information content (AvgIpc) is 1.72. The molecule has 0 saturated carbocycles. The van der Waals surface area contributed by atoms with Gasteiger partial charge in [0.2, 0.25) is 0 Å². The van der Waals surface area contributed by atoms with E-state index in [2.05, 4.69) is 4.78 Å². The minimum Gasteiger partial charge on any atom is -0.306 e. The molecule has 0 radical (unpaired) electrons. The molecule has 0 heterocycles. The molecule has 0 fully saturated rings.